The Morgan fingerprint density at radius 2 is 1.88 bits per heavy atom. The van der Waals surface area contributed by atoms with Gasteiger partial charge in [-0.2, -0.15) is 0 Å². The Labute approximate surface area is 192 Å². The number of fused-ring (bicyclic) bond motifs is 1. The van der Waals surface area contributed by atoms with Crippen molar-refractivity contribution in [3.05, 3.63) is 70.5 Å². The number of amides is 1. The van der Waals surface area contributed by atoms with E-state index in [0.29, 0.717) is 12.6 Å². The molecular weight excluding hydrogens is 401 g/mol. The molecule has 0 saturated carbocycles. The molecule has 0 spiro atoms. The lowest BCUT2D eigenvalue weighted by Gasteiger charge is -2.41. The summed E-state index contributed by atoms with van der Waals surface area (Å²) in [6, 6.07) is 14.0. The minimum Gasteiger partial charge on any atom is -0.337 e. The summed E-state index contributed by atoms with van der Waals surface area (Å²) in [5.41, 5.74) is 5.26. The summed E-state index contributed by atoms with van der Waals surface area (Å²) in [7, 11) is 0. The van der Waals surface area contributed by atoms with Crippen LogP contribution in [0.2, 0.25) is 0 Å². The van der Waals surface area contributed by atoms with Gasteiger partial charge in [-0.1, -0.05) is 44.2 Å². The number of benzene rings is 2. The van der Waals surface area contributed by atoms with E-state index in [9.17, 15) is 9.18 Å². The van der Waals surface area contributed by atoms with Gasteiger partial charge >= 0.3 is 0 Å². The fourth-order valence-electron chi connectivity index (χ4n) is 5.15. The highest BCUT2D eigenvalue weighted by molar-refractivity contribution is 5.79. The van der Waals surface area contributed by atoms with Gasteiger partial charge < -0.3 is 4.90 Å². The summed E-state index contributed by atoms with van der Waals surface area (Å²) in [4.78, 5) is 19.7. The van der Waals surface area contributed by atoms with E-state index in [4.69, 9.17) is 0 Å². The molecule has 0 unspecified atom stereocenters. The number of carbonyl (C=O) groups is 1. The number of hydrogen-bond acceptors (Lipinski definition) is 3. The molecule has 32 heavy (non-hydrogen) atoms. The van der Waals surface area contributed by atoms with Crippen molar-refractivity contribution >= 4 is 5.91 Å². The second-order valence-electron chi connectivity index (χ2n) is 9.20. The van der Waals surface area contributed by atoms with Gasteiger partial charge in [-0.25, -0.2) is 4.39 Å². The van der Waals surface area contributed by atoms with Crippen molar-refractivity contribution in [2.24, 2.45) is 0 Å². The van der Waals surface area contributed by atoms with Gasteiger partial charge in [-0.3, -0.25) is 14.6 Å². The molecule has 1 fully saturated rings. The van der Waals surface area contributed by atoms with E-state index in [2.05, 4.69) is 46.7 Å². The molecule has 1 amide bonds. The van der Waals surface area contributed by atoms with E-state index in [1.165, 1.54) is 22.8 Å². The Balaban J connectivity index is 1.30. The summed E-state index contributed by atoms with van der Waals surface area (Å²) < 4.78 is 13.4. The molecule has 1 aliphatic carbocycles. The molecule has 4 nitrogen and oxygen atoms in total. The van der Waals surface area contributed by atoms with E-state index in [0.717, 1.165) is 70.5 Å². The summed E-state index contributed by atoms with van der Waals surface area (Å²) in [6.45, 7) is 10.6. The van der Waals surface area contributed by atoms with Gasteiger partial charge in [0.15, 0.2) is 0 Å². The first kappa shape index (κ1) is 22.9. The van der Waals surface area contributed by atoms with Gasteiger partial charge in [-0.05, 0) is 73.2 Å². The highest BCUT2D eigenvalue weighted by Crippen LogP contribution is 2.27. The quantitative estimate of drug-likeness (QED) is 0.627. The van der Waals surface area contributed by atoms with E-state index < -0.39 is 0 Å². The number of carbonyl (C=O) groups excluding carboxylic acids is 1. The summed E-state index contributed by atoms with van der Waals surface area (Å²) in [6.07, 6.45) is 3.85. The number of nitrogens with zero attached hydrogens (tertiary/aromatic N) is 3. The van der Waals surface area contributed by atoms with E-state index in [1.807, 2.05) is 6.07 Å². The number of piperazine rings is 1. The monoisotopic (exact) mass is 437 g/mol. The standard InChI is InChI=1S/C27H36FN3O/c1-3-29(4-2)19-22-8-9-24-18-26(11-10-23(24)16-22)31-15-14-30(20-27(31)32)13-12-21-6-5-7-25(28)17-21/h5-9,16-17,26H,3-4,10-15,18-20H2,1-2H3/t26-/m0/s1. The fraction of sp³-hybridized carbons (Fsp3) is 0.519. The zero-order valence-electron chi connectivity index (χ0n) is 19.5. The van der Waals surface area contributed by atoms with E-state index >= 15 is 0 Å². The van der Waals surface area contributed by atoms with Crippen LogP contribution in [0, 0.1) is 5.82 Å². The van der Waals surface area contributed by atoms with Crippen molar-refractivity contribution in [3.8, 4) is 0 Å². The van der Waals surface area contributed by atoms with Gasteiger partial charge in [0, 0.05) is 32.2 Å². The van der Waals surface area contributed by atoms with Gasteiger partial charge in [-0.15, -0.1) is 0 Å². The van der Waals surface area contributed by atoms with Gasteiger partial charge in [0.2, 0.25) is 5.91 Å². The lowest BCUT2D eigenvalue weighted by atomic mass is 9.86. The normalized spacial score (nSPS) is 19.4. The second-order valence-corrected chi connectivity index (χ2v) is 9.20. The maximum Gasteiger partial charge on any atom is 0.237 e. The molecule has 0 aromatic heterocycles. The molecule has 1 heterocycles. The van der Waals surface area contributed by atoms with Gasteiger partial charge in [0.05, 0.1) is 6.54 Å². The number of rotatable bonds is 8. The number of aryl methyl sites for hydroxylation is 1. The van der Waals surface area contributed by atoms with Crippen LogP contribution < -0.4 is 0 Å². The highest BCUT2D eigenvalue weighted by Gasteiger charge is 2.31. The third-order valence-electron chi connectivity index (χ3n) is 7.16. The molecule has 1 atom stereocenters. The molecule has 4 rings (SSSR count). The highest BCUT2D eigenvalue weighted by atomic mass is 19.1. The Hall–Kier alpha value is -2.24. The SMILES string of the molecule is CCN(CC)Cc1ccc2c(c1)CC[C@H](N1CCN(CCc3cccc(F)c3)CC1=O)C2. The first-order valence-corrected chi connectivity index (χ1v) is 12.1. The molecule has 0 bridgehead atoms. The molecule has 0 N–H and O–H groups in total. The minimum atomic E-state index is -0.193. The van der Waals surface area contributed by atoms with Crippen LogP contribution in [0.3, 0.4) is 0 Å². The summed E-state index contributed by atoms with van der Waals surface area (Å²) in [5, 5.41) is 0. The van der Waals surface area contributed by atoms with Crippen molar-refractivity contribution in [2.75, 3.05) is 39.3 Å². The molecular formula is C27H36FN3O. The maximum atomic E-state index is 13.4. The van der Waals surface area contributed by atoms with Crippen LogP contribution in [0.4, 0.5) is 4.39 Å². The fourth-order valence-corrected chi connectivity index (χ4v) is 5.15. The zero-order chi connectivity index (χ0) is 22.5. The van der Waals surface area contributed by atoms with Crippen molar-refractivity contribution < 1.29 is 9.18 Å². The topological polar surface area (TPSA) is 26.8 Å². The van der Waals surface area contributed by atoms with Gasteiger partial charge in [0.1, 0.15) is 5.82 Å². The Morgan fingerprint density at radius 3 is 2.62 bits per heavy atom. The minimum absolute atomic E-state index is 0.193. The average Bonchev–Trinajstić information content (AvgIpc) is 2.81. The molecule has 2 aromatic rings. The van der Waals surface area contributed by atoms with Crippen molar-refractivity contribution in [3.63, 3.8) is 0 Å². The maximum absolute atomic E-state index is 13.4. The molecule has 1 aliphatic heterocycles. The van der Waals surface area contributed by atoms with Gasteiger partial charge in [0.25, 0.3) is 0 Å². The molecule has 5 heteroatoms. The molecule has 2 aliphatic rings. The van der Waals surface area contributed by atoms with Crippen LogP contribution in [-0.4, -0.2) is 65.9 Å². The second kappa shape index (κ2) is 10.6. The largest absolute Gasteiger partial charge is 0.337 e. The van der Waals surface area contributed by atoms with Crippen LogP contribution in [0.5, 0.6) is 0 Å². The molecule has 2 aromatic carbocycles. The Morgan fingerprint density at radius 1 is 1.03 bits per heavy atom. The lowest BCUT2D eigenvalue weighted by molar-refractivity contribution is -0.138. The molecule has 172 valence electrons. The van der Waals surface area contributed by atoms with E-state index in [-0.39, 0.29) is 11.7 Å². The number of hydrogen-bond donors (Lipinski definition) is 0. The Bertz CT molecular complexity index is 927. The van der Waals surface area contributed by atoms with E-state index in [1.54, 1.807) is 12.1 Å². The smallest absolute Gasteiger partial charge is 0.237 e. The zero-order valence-corrected chi connectivity index (χ0v) is 19.5. The third kappa shape index (κ3) is 5.57. The van der Waals surface area contributed by atoms with Crippen LogP contribution in [-0.2, 0) is 30.6 Å². The van der Waals surface area contributed by atoms with Crippen molar-refractivity contribution in [1.82, 2.24) is 14.7 Å². The predicted molar refractivity (Wildman–Crippen MR) is 127 cm³/mol. The first-order chi connectivity index (χ1) is 15.6. The Kier molecular flexibility index (Phi) is 7.59. The molecule has 1 saturated heterocycles. The van der Waals surface area contributed by atoms with Crippen LogP contribution in [0.25, 0.3) is 0 Å². The van der Waals surface area contributed by atoms with Crippen LogP contribution in [0.1, 0.15) is 42.5 Å². The third-order valence-corrected chi connectivity index (χ3v) is 7.16. The first-order valence-electron chi connectivity index (χ1n) is 12.1. The molecule has 0 radical (unpaired) electrons. The predicted octanol–water partition coefficient (Wildman–Crippen LogP) is 3.91. The lowest BCUT2D eigenvalue weighted by Crippen LogP contribution is -2.55. The van der Waals surface area contributed by atoms with Crippen molar-refractivity contribution in [1.29, 1.82) is 0 Å². The average molecular weight is 438 g/mol. The summed E-state index contributed by atoms with van der Waals surface area (Å²) in [5.74, 6) is 0.0447. The van der Waals surface area contributed by atoms with Crippen LogP contribution >= 0.6 is 0 Å². The number of halogens is 1. The van der Waals surface area contributed by atoms with Crippen molar-refractivity contribution in [2.45, 2.75) is 52.1 Å². The van der Waals surface area contributed by atoms with Crippen LogP contribution in [0.15, 0.2) is 42.5 Å². The summed E-state index contributed by atoms with van der Waals surface area (Å²) >= 11 is 0.